The van der Waals surface area contributed by atoms with Crippen LogP contribution in [0.25, 0.3) is 0 Å². The second-order valence-corrected chi connectivity index (χ2v) is 6.38. The van der Waals surface area contributed by atoms with Gasteiger partial charge in [0, 0.05) is 31.2 Å². The topological polar surface area (TPSA) is 58.4 Å². The van der Waals surface area contributed by atoms with E-state index in [0.717, 1.165) is 36.8 Å². The van der Waals surface area contributed by atoms with Crippen LogP contribution >= 0.6 is 0 Å². The van der Waals surface area contributed by atoms with E-state index in [2.05, 4.69) is 10.2 Å². The Labute approximate surface area is 126 Å². The number of amides is 1. The van der Waals surface area contributed by atoms with Gasteiger partial charge in [-0.2, -0.15) is 0 Å². The third kappa shape index (κ3) is 3.97. The van der Waals surface area contributed by atoms with Crippen molar-refractivity contribution in [2.45, 2.75) is 38.1 Å². The number of hydrogen-bond donors (Lipinski definition) is 2. The lowest BCUT2D eigenvalue weighted by Gasteiger charge is -2.15. The summed E-state index contributed by atoms with van der Waals surface area (Å²) in [5.41, 5.74) is 7.73. The maximum atomic E-state index is 11.9. The van der Waals surface area contributed by atoms with Gasteiger partial charge in [-0.25, -0.2) is 0 Å². The minimum absolute atomic E-state index is 0.142. The number of nitrogens with two attached hydrogens (primary N) is 1. The molecule has 3 N–H and O–H groups in total. The highest BCUT2D eigenvalue weighted by Crippen LogP contribution is 2.31. The first-order valence-corrected chi connectivity index (χ1v) is 8.06. The average molecular weight is 287 g/mol. The highest BCUT2D eigenvalue weighted by atomic mass is 16.1. The number of carbonyl (C=O) groups excluding carboxylic acids is 1. The number of rotatable bonds is 6. The zero-order valence-corrected chi connectivity index (χ0v) is 12.6. The zero-order chi connectivity index (χ0) is 14.7. The number of nitrogens with one attached hydrogen (secondary N) is 1. The Bertz CT molecular complexity index is 499. The molecule has 2 aliphatic rings. The summed E-state index contributed by atoms with van der Waals surface area (Å²) in [6, 6.07) is 8.62. The highest BCUT2D eigenvalue weighted by Gasteiger charge is 2.34. The van der Waals surface area contributed by atoms with Crippen molar-refractivity contribution in [3.05, 3.63) is 29.8 Å². The number of nitrogens with zero attached hydrogens (tertiary/aromatic N) is 1. The third-order valence-corrected chi connectivity index (χ3v) is 4.64. The fraction of sp³-hybridized carbons (Fsp3) is 0.588. The van der Waals surface area contributed by atoms with Crippen molar-refractivity contribution in [1.29, 1.82) is 0 Å². The summed E-state index contributed by atoms with van der Waals surface area (Å²) in [6.07, 6.45) is 5.21. The molecule has 3 rings (SSSR count). The number of anilines is 1. The summed E-state index contributed by atoms with van der Waals surface area (Å²) < 4.78 is 0. The van der Waals surface area contributed by atoms with Gasteiger partial charge in [0.15, 0.2) is 0 Å². The van der Waals surface area contributed by atoms with Gasteiger partial charge in [0.1, 0.15) is 0 Å². The lowest BCUT2D eigenvalue weighted by Crippen LogP contribution is -2.31. The van der Waals surface area contributed by atoms with E-state index in [-0.39, 0.29) is 5.91 Å². The van der Waals surface area contributed by atoms with E-state index in [4.69, 9.17) is 5.73 Å². The van der Waals surface area contributed by atoms with Crippen molar-refractivity contribution >= 4 is 11.6 Å². The highest BCUT2D eigenvalue weighted by molar-refractivity contribution is 5.76. The Morgan fingerprint density at radius 3 is 2.86 bits per heavy atom. The lowest BCUT2D eigenvalue weighted by atomic mass is 10.1. The first kappa shape index (κ1) is 14.4. The van der Waals surface area contributed by atoms with Gasteiger partial charge < -0.3 is 16.0 Å². The third-order valence-electron chi connectivity index (χ3n) is 4.64. The van der Waals surface area contributed by atoms with E-state index in [9.17, 15) is 4.79 Å². The predicted octanol–water partition coefficient (Wildman–Crippen LogP) is 1.80. The summed E-state index contributed by atoms with van der Waals surface area (Å²) in [6.45, 7) is 3.20. The Morgan fingerprint density at radius 1 is 1.29 bits per heavy atom. The number of hydrogen-bond acceptors (Lipinski definition) is 3. The molecule has 2 fully saturated rings. The smallest absolute Gasteiger partial charge is 0.220 e. The molecule has 1 aromatic rings. The molecule has 1 saturated heterocycles. The number of benzene rings is 1. The zero-order valence-electron chi connectivity index (χ0n) is 12.6. The van der Waals surface area contributed by atoms with Crippen LogP contribution < -0.4 is 11.1 Å². The van der Waals surface area contributed by atoms with Gasteiger partial charge in [0.2, 0.25) is 5.91 Å². The molecule has 0 bridgehead atoms. The molecule has 21 heavy (non-hydrogen) atoms. The van der Waals surface area contributed by atoms with E-state index < -0.39 is 0 Å². The molecule has 1 aromatic carbocycles. The van der Waals surface area contributed by atoms with Crippen LogP contribution in [0.4, 0.5) is 5.69 Å². The maximum Gasteiger partial charge on any atom is 0.220 e. The predicted molar refractivity (Wildman–Crippen MR) is 84.9 cm³/mol. The minimum atomic E-state index is 0.142. The molecule has 4 nitrogen and oxygen atoms in total. The molecule has 114 valence electrons. The first-order valence-electron chi connectivity index (χ1n) is 8.06. The molecule has 1 aliphatic heterocycles. The van der Waals surface area contributed by atoms with Crippen molar-refractivity contribution in [1.82, 2.24) is 10.2 Å². The maximum absolute atomic E-state index is 11.9. The molecule has 1 saturated carbocycles. The van der Waals surface area contributed by atoms with Gasteiger partial charge in [-0.3, -0.25) is 4.79 Å². The van der Waals surface area contributed by atoms with E-state index >= 15 is 0 Å². The second-order valence-electron chi connectivity index (χ2n) is 6.38. The van der Waals surface area contributed by atoms with Crippen LogP contribution in [0.5, 0.6) is 0 Å². The van der Waals surface area contributed by atoms with Crippen LogP contribution in [0.2, 0.25) is 0 Å². The first-order chi connectivity index (χ1) is 10.2. The summed E-state index contributed by atoms with van der Waals surface area (Å²) in [4.78, 5) is 14.5. The van der Waals surface area contributed by atoms with E-state index in [1.54, 1.807) is 0 Å². The second kappa shape index (κ2) is 6.48. The molecule has 0 spiro atoms. The molecule has 1 heterocycles. The minimum Gasteiger partial charge on any atom is -0.399 e. The molecule has 1 amide bonds. The van der Waals surface area contributed by atoms with Crippen LogP contribution in [0.15, 0.2) is 24.3 Å². The van der Waals surface area contributed by atoms with Crippen LogP contribution in [0.3, 0.4) is 0 Å². The molecule has 0 aromatic heterocycles. The van der Waals surface area contributed by atoms with Gasteiger partial charge in [-0.1, -0.05) is 18.2 Å². The van der Waals surface area contributed by atoms with Crippen molar-refractivity contribution in [2.75, 3.05) is 25.4 Å². The molecule has 1 unspecified atom stereocenters. The summed E-state index contributed by atoms with van der Waals surface area (Å²) in [5, 5.41) is 3.09. The largest absolute Gasteiger partial charge is 0.399 e. The monoisotopic (exact) mass is 287 g/mol. The molecule has 1 atom stereocenters. The Morgan fingerprint density at radius 2 is 2.10 bits per heavy atom. The fourth-order valence-electron chi connectivity index (χ4n) is 3.16. The van der Waals surface area contributed by atoms with Crippen molar-refractivity contribution < 1.29 is 4.79 Å². The standard InChI is InChI=1S/C17H25N3O/c18-16-4-2-1-3-14(16)5-8-17(21)19-11-13-9-10-20(12-13)15-6-7-15/h1-4,13,15H,5-12,18H2,(H,19,21). The van der Waals surface area contributed by atoms with E-state index in [1.807, 2.05) is 24.3 Å². The van der Waals surface area contributed by atoms with Gasteiger partial charge in [-0.05, 0) is 49.8 Å². The van der Waals surface area contributed by atoms with Crippen LogP contribution in [-0.2, 0) is 11.2 Å². The van der Waals surface area contributed by atoms with Gasteiger partial charge in [0.05, 0.1) is 0 Å². The molecule has 4 heteroatoms. The van der Waals surface area contributed by atoms with Gasteiger partial charge in [-0.15, -0.1) is 0 Å². The Kier molecular flexibility index (Phi) is 4.44. The number of likely N-dealkylation sites (tertiary alicyclic amines) is 1. The number of nitrogen functional groups attached to an aromatic ring is 1. The molecular weight excluding hydrogens is 262 g/mol. The number of carbonyl (C=O) groups is 1. The Hall–Kier alpha value is -1.55. The lowest BCUT2D eigenvalue weighted by molar-refractivity contribution is -0.121. The fourth-order valence-corrected chi connectivity index (χ4v) is 3.16. The van der Waals surface area contributed by atoms with Crippen LogP contribution in [0, 0.1) is 5.92 Å². The quantitative estimate of drug-likeness (QED) is 0.784. The van der Waals surface area contributed by atoms with E-state index in [1.165, 1.54) is 25.8 Å². The number of para-hydroxylation sites is 1. The van der Waals surface area contributed by atoms with Gasteiger partial charge >= 0.3 is 0 Å². The van der Waals surface area contributed by atoms with Crippen LogP contribution in [0.1, 0.15) is 31.2 Å². The SMILES string of the molecule is Nc1ccccc1CCC(=O)NCC1CCN(C2CC2)C1. The Balaban J connectivity index is 1.36. The van der Waals surface area contributed by atoms with Crippen molar-refractivity contribution in [2.24, 2.45) is 5.92 Å². The summed E-state index contributed by atoms with van der Waals surface area (Å²) >= 11 is 0. The normalized spacial score (nSPS) is 22.4. The van der Waals surface area contributed by atoms with E-state index in [0.29, 0.717) is 12.3 Å². The average Bonchev–Trinajstić information content (AvgIpc) is 3.23. The van der Waals surface area contributed by atoms with Crippen LogP contribution in [-0.4, -0.2) is 36.5 Å². The number of aryl methyl sites for hydroxylation is 1. The van der Waals surface area contributed by atoms with Gasteiger partial charge in [0.25, 0.3) is 0 Å². The summed E-state index contributed by atoms with van der Waals surface area (Å²) in [5.74, 6) is 0.777. The van der Waals surface area contributed by atoms with Crippen molar-refractivity contribution in [3.63, 3.8) is 0 Å². The molecule has 0 radical (unpaired) electrons. The summed E-state index contributed by atoms with van der Waals surface area (Å²) in [7, 11) is 0. The molecule has 1 aliphatic carbocycles. The molecular formula is C17H25N3O. The van der Waals surface area contributed by atoms with Crippen molar-refractivity contribution in [3.8, 4) is 0 Å².